The predicted octanol–water partition coefficient (Wildman–Crippen LogP) is 0.584. The summed E-state index contributed by atoms with van der Waals surface area (Å²) in [4.78, 5) is 30.9. The molecule has 2 aromatic rings. The van der Waals surface area contributed by atoms with E-state index in [4.69, 9.17) is 15.6 Å². The highest BCUT2D eigenvalue weighted by Crippen LogP contribution is 2.36. The van der Waals surface area contributed by atoms with Crippen LogP contribution in [-0.2, 0) is 9.53 Å². The summed E-state index contributed by atoms with van der Waals surface area (Å²) in [7, 11) is 0. The van der Waals surface area contributed by atoms with Gasteiger partial charge in [0.05, 0.1) is 23.4 Å². The minimum atomic E-state index is -0.926. The van der Waals surface area contributed by atoms with Gasteiger partial charge < -0.3 is 20.7 Å². The number of fused-ring (bicyclic) bond motifs is 1. The van der Waals surface area contributed by atoms with Crippen molar-refractivity contribution in [2.75, 3.05) is 5.73 Å². The first-order valence-electron chi connectivity index (χ1n) is 7.59. The van der Waals surface area contributed by atoms with Crippen molar-refractivity contribution in [3.8, 4) is 0 Å². The lowest BCUT2D eigenvalue weighted by Gasteiger charge is -2.21. The van der Waals surface area contributed by atoms with E-state index < -0.39 is 24.4 Å². The lowest BCUT2D eigenvalue weighted by atomic mass is 9.93. The fourth-order valence-corrected chi connectivity index (χ4v) is 3.87. The average Bonchev–Trinajstić information content (AvgIpc) is 3.03. The lowest BCUT2D eigenvalue weighted by Crippen LogP contribution is -2.27. The summed E-state index contributed by atoms with van der Waals surface area (Å²) in [6.45, 7) is 1.87. The van der Waals surface area contributed by atoms with E-state index in [2.05, 4.69) is 9.97 Å². The van der Waals surface area contributed by atoms with Crippen LogP contribution in [0.25, 0.3) is 10.3 Å². The third-order valence-corrected chi connectivity index (χ3v) is 5.11. The summed E-state index contributed by atoms with van der Waals surface area (Å²) in [5.41, 5.74) is 5.90. The Bertz CT molecular complexity index is 819. The van der Waals surface area contributed by atoms with Gasteiger partial charge in [-0.25, -0.2) is 4.98 Å². The van der Waals surface area contributed by atoms with Crippen molar-refractivity contribution < 1.29 is 19.7 Å². The van der Waals surface area contributed by atoms with E-state index in [9.17, 15) is 14.7 Å². The fraction of sp³-hybridized carbons (Fsp3) is 0.571. The zero-order valence-electron chi connectivity index (χ0n) is 13.0. The van der Waals surface area contributed by atoms with E-state index in [-0.39, 0.29) is 29.6 Å². The van der Waals surface area contributed by atoms with Crippen LogP contribution in [0.3, 0.4) is 0 Å². The molecule has 0 amide bonds. The monoisotopic (exact) mass is 354 g/mol. The summed E-state index contributed by atoms with van der Waals surface area (Å²) in [5.74, 6) is -1.13. The number of hydrogen-bond acceptors (Lipinski definition) is 8. The van der Waals surface area contributed by atoms with Crippen molar-refractivity contribution >= 4 is 33.6 Å². The molecule has 1 aliphatic rings. The van der Waals surface area contributed by atoms with Crippen LogP contribution in [0.5, 0.6) is 0 Å². The molecule has 4 N–H and O–H groups in total. The first-order chi connectivity index (χ1) is 11.4. The van der Waals surface area contributed by atoms with Crippen molar-refractivity contribution in [1.29, 1.82) is 0 Å². The van der Waals surface area contributed by atoms with Crippen LogP contribution < -0.4 is 10.6 Å². The molecule has 1 saturated heterocycles. The van der Waals surface area contributed by atoms with Gasteiger partial charge in [-0.2, -0.15) is 4.98 Å². The molecule has 24 heavy (non-hydrogen) atoms. The standard InChI is InChI=1S/C14H18N4O5S/c1-2-6(3-10(20)21)8-4-7(19)12(23-8)18-11-9(24-14(18)22)5-16-13(15)17-11/h5-8,12,19H,2-4H2,1H3,(H,20,21)(H2,15,16,17)/t6-,7+,8-,12?/m0/s1. The van der Waals surface area contributed by atoms with Gasteiger partial charge in [0.2, 0.25) is 5.95 Å². The molecule has 3 heterocycles. The number of nitrogen functional groups attached to an aromatic ring is 1. The van der Waals surface area contributed by atoms with Crippen molar-refractivity contribution in [1.82, 2.24) is 14.5 Å². The van der Waals surface area contributed by atoms with Crippen LogP contribution >= 0.6 is 11.3 Å². The normalized spacial score (nSPS) is 25.2. The van der Waals surface area contributed by atoms with Gasteiger partial charge in [-0.15, -0.1) is 0 Å². The predicted molar refractivity (Wildman–Crippen MR) is 86.7 cm³/mol. The first kappa shape index (κ1) is 16.8. The van der Waals surface area contributed by atoms with Gasteiger partial charge in [-0.05, 0) is 5.92 Å². The maximum atomic E-state index is 12.3. The number of rotatable bonds is 5. The van der Waals surface area contributed by atoms with E-state index in [0.717, 1.165) is 11.3 Å². The largest absolute Gasteiger partial charge is 0.481 e. The van der Waals surface area contributed by atoms with Gasteiger partial charge >= 0.3 is 10.8 Å². The zero-order chi connectivity index (χ0) is 17.4. The van der Waals surface area contributed by atoms with Crippen LogP contribution in [0.15, 0.2) is 11.0 Å². The third kappa shape index (κ3) is 2.99. The van der Waals surface area contributed by atoms with Gasteiger partial charge in [0.1, 0.15) is 6.10 Å². The highest BCUT2D eigenvalue weighted by molar-refractivity contribution is 7.16. The molecule has 0 aromatic carbocycles. The minimum absolute atomic E-state index is 0.0235. The van der Waals surface area contributed by atoms with Crippen LogP contribution in [0.1, 0.15) is 32.4 Å². The summed E-state index contributed by atoms with van der Waals surface area (Å²) in [5, 5.41) is 19.4. The van der Waals surface area contributed by atoms with Crippen molar-refractivity contribution in [3.05, 3.63) is 15.9 Å². The number of thiazole rings is 1. The Balaban J connectivity index is 1.93. The number of aliphatic carboxylic acids is 1. The molecule has 1 fully saturated rings. The number of nitrogens with two attached hydrogens (primary N) is 1. The van der Waals surface area contributed by atoms with Crippen LogP contribution in [-0.4, -0.2) is 42.9 Å². The maximum absolute atomic E-state index is 12.3. The number of carboxylic acids is 1. The van der Waals surface area contributed by atoms with Crippen molar-refractivity contribution in [2.45, 2.75) is 44.6 Å². The molecule has 3 rings (SSSR count). The van der Waals surface area contributed by atoms with Crippen molar-refractivity contribution in [2.24, 2.45) is 5.92 Å². The molecule has 0 spiro atoms. The van der Waals surface area contributed by atoms with Gasteiger partial charge in [-0.3, -0.25) is 14.2 Å². The summed E-state index contributed by atoms with van der Waals surface area (Å²) < 4.78 is 7.68. The Hall–Kier alpha value is -2.04. The SMILES string of the molecule is CC[C@@H](CC(=O)O)[C@@H]1C[C@@H](O)C(n2c(=O)sc3cnc(N)nc32)O1. The van der Waals surface area contributed by atoms with E-state index in [1.54, 1.807) is 0 Å². The van der Waals surface area contributed by atoms with E-state index >= 15 is 0 Å². The second-order valence-corrected chi connectivity index (χ2v) is 6.78. The van der Waals surface area contributed by atoms with Crippen LogP contribution in [0, 0.1) is 5.92 Å². The van der Waals surface area contributed by atoms with Gasteiger partial charge in [0.15, 0.2) is 11.9 Å². The van der Waals surface area contributed by atoms with E-state index in [1.807, 2.05) is 6.92 Å². The molecule has 1 aliphatic heterocycles. The Morgan fingerprint density at radius 1 is 1.62 bits per heavy atom. The highest BCUT2D eigenvalue weighted by atomic mass is 32.1. The Morgan fingerprint density at radius 3 is 3.04 bits per heavy atom. The molecule has 0 bridgehead atoms. The second kappa shape index (κ2) is 6.46. The molecule has 10 heteroatoms. The smallest absolute Gasteiger partial charge is 0.311 e. The number of anilines is 1. The third-order valence-electron chi connectivity index (χ3n) is 4.24. The van der Waals surface area contributed by atoms with Gasteiger partial charge in [0.25, 0.3) is 0 Å². The Labute approximate surface area is 140 Å². The highest BCUT2D eigenvalue weighted by Gasteiger charge is 2.40. The molecule has 130 valence electrons. The number of aliphatic hydroxyl groups excluding tert-OH is 1. The van der Waals surface area contributed by atoms with Gasteiger partial charge in [0, 0.05) is 6.42 Å². The minimum Gasteiger partial charge on any atom is -0.481 e. The number of aromatic nitrogens is 3. The molecular formula is C14H18N4O5S. The first-order valence-corrected chi connectivity index (χ1v) is 8.41. The van der Waals surface area contributed by atoms with Crippen molar-refractivity contribution in [3.63, 3.8) is 0 Å². The van der Waals surface area contributed by atoms with Gasteiger partial charge in [-0.1, -0.05) is 24.7 Å². The van der Waals surface area contributed by atoms with E-state index in [1.165, 1.54) is 10.8 Å². The van der Waals surface area contributed by atoms with Crippen LogP contribution in [0.2, 0.25) is 0 Å². The number of carboxylic acid groups (broad SMARTS) is 1. The topological polar surface area (TPSA) is 141 Å². The molecule has 0 radical (unpaired) electrons. The lowest BCUT2D eigenvalue weighted by molar-refractivity contribution is -0.140. The molecule has 2 aromatic heterocycles. The summed E-state index contributed by atoms with van der Waals surface area (Å²) in [6, 6.07) is 0. The van der Waals surface area contributed by atoms with E-state index in [0.29, 0.717) is 16.8 Å². The quantitative estimate of drug-likeness (QED) is 0.708. The number of aliphatic hydroxyl groups is 1. The summed E-state index contributed by atoms with van der Waals surface area (Å²) in [6.07, 6.45) is 0.00364. The molecule has 4 atom stereocenters. The average molecular weight is 354 g/mol. The number of hydrogen-bond donors (Lipinski definition) is 3. The maximum Gasteiger partial charge on any atom is 0.311 e. The number of carbonyl (C=O) groups is 1. The molecule has 0 aliphatic carbocycles. The molecule has 1 unspecified atom stereocenters. The summed E-state index contributed by atoms with van der Waals surface area (Å²) >= 11 is 0.944. The Kier molecular flexibility index (Phi) is 4.52. The molecular weight excluding hydrogens is 336 g/mol. The molecule has 0 saturated carbocycles. The molecule has 9 nitrogen and oxygen atoms in total. The fourth-order valence-electron chi connectivity index (χ4n) is 3.05. The number of ether oxygens (including phenoxy) is 1. The Morgan fingerprint density at radius 2 is 2.38 bits per heavy atom. The number of nitrogens with zero attached hydrogens (tertiary/aromatic N) is 3. The second-order valence-electron chi connectivity index (χ2n) is 5.79. The zero-order valence-corrected chi connectivity index (χ0v) is 13.8. The van der Waals surface area contributed by atoms with Crippen LogP contribution in [0.4, 0.5) is 5.95 Å².